The SMILES string of the molecule is CNCC(C)(C)CCc1ccc2c(c1)CCC2. The summed E-state index contributed by atoms with van der Waals surface area (Å²) in [5, 5.41) is 3.29. The second-order valence-electron chi connectivity index (χ2n) is 6.15. The molecule has 0 bridgehead atoms. The Balaban J connectivity index is 1.95. The van der Waals surface area contributed by atoms with Gasteiger partial charge in [-0.25, -0.2) is 0 Å². The van der Waals surface area contributed by atoms with Gasteiger partial charge in [-0.2, -0.15) is 0 Å². The van der Waals surface area contributed by atoms with E-state index in [1.165, 1.54) is 37.7 Å². The number of aryl methyl sites for hydroxylation is 3. The van der Waals surface area contributed by atoms with E-state index in [1.54, 1.807) is 11.1 Å². The standard InChI is InChI=1S/C16H25N/c1-16(2,12-17-3)10-9-13-7-8-14-5-4-6-15(14)11-13/h7-8,11,17H,4-6,9-10,12H2,1-3H3. The van der Waals surface area contributed by atoms with Gasteiger partial charge in [0, 0.05) is 0 Å². The molecule has 0 radical (unpaired) electrons. The van der Waals surface area contributed by atoms with Crippen LogP contribution in [-0.4, -0.2) is 13.6 Å². The Morgan fingerprint density at radius 2 is 1.94 bits per heavy atom. The minimum absolute atomic E-state index is 0.397. The third-order valence-electron chi connectivity index (χ3n) is 3.91. The molecule has 0 unspecified atom stereocenters. The summed E-state index contributed by atoms with van der Waals surface area (Å²) in [6.45, 7) is 5.78. The van der Waals surface area contributed by atoms with Crippen LogP contribution in [0.25, 0.3) is 0 Å². The highest BCUT2D eigenvalue weighted by Gasteiger charge is 2.17. The van der Waals surface area contributed by atoms with Crippen molar-refractivity contribution >= 4 is 0 Å². The summed E-state index contributed by atoms with van der Waals surface area (Å²) in [4.78, 5) is 0. The molecule has 1 N–H and O–H groups in total. The number of fused-ring (bicyclic) bond motifs is 1. The first kappa shape index (κ1) is 12.6. The van der Waals surface area contributed by atoms with E-state index in [9.17, 15) is 0 Å². The third kappa shape index (κ3) is 3.32. The second kappa shape index (κ2) is 5.22. The van der Waals surface area contributed by atoms with Crippen LogP contribution in [0.5, 0.6) is 0 Å². The molecule has 1 nitrogen and oxygen atoms in total. The first-order valence-electron chi connectivity index (χ1n) is 6.86. The molecule has 0 fully saturated rings. The van der Waals surface area contributed by atoms with Crippen LogP contribution >= 0.6 is 0 Å². The van der Waals surface area contributed by atoms with Crippen molar-refractivity contribution in [2.75, 3.05) is 13.6 Å². The second-order valence-corrected chi connectivity index (χ2v) is 6.15. The van der Waals surface area contributed by atoms with Crippen molar-refractivity contribution in [3.63, 3.8) is 0 Å². The summed E-state index contributed by atoms with van der Waals surface area (Å²) in [6, 6.07) is 7.13. The lowest BCUT2D eigenvalue weighted by atomic mass is 9.86. The molecule has 0 aliphatic heterocycles. The van der Waals surface area contributed by atoms with E-state index < -0.39 is 0 Å². The highest BCUT2D eigenvalue weighted by atomic mass is 14.8. The van der Waals surface area contributed by atoms with E-state index in [4.69, 9.17) is 0 Å². The maximum atomic E-state index is 3.29. The van der Waals surface area contributed by atoms with Gasteiger partial charge in [0.25, 0.3) is 0 Å². The molecule has 0 atom stereocenters. The Kier molecular flexibility index (Phi) is 3.88. The molecule has 1 heteroatoms. The maximum absolute atomic E-state index is 3.29. The van der Waals surface area contributed by atoms with Crippen LogP contribution < -0.4 is 5.32 Å². The minimum atomic E-state index is 0.397. The fraction of sp³-hybridized carbons (Fsp3) is 0.625. The van der Waals surface area contributed by atoms with Crippen LogP contribution in [0.3, 0.4) is 0 Å². The molecule has 0 spiro atoms. The van der Waals surface area contributed by atoms with E-state index in [0.717, 1.165) is 6.54 Å². The smallest absolute Gasteiger partial charge is 0.0000373 e. The van der Waals surface area contributed by atoms with Gasteiger partial charge in [-0.1, -0.05) is 32.0 Å². The summed E-state index contributed by atoms with van der Waals surface area (Å²) >= 11 is 0. The molecule has 0 amide bonds. The predicted octanol–water partition coefficient (Wildman–Crippen LogP) is 3.35. The van der Waals surface area contributed by atoms with E-state index in [-0.39, 0.29) is 0 Å². The number of hydrogen-bond donors (Lipinski definition) is 1. The fourth-order valence-electron chi connectivity index (χ4n) is 2.83. The fourth-order valence-corrected chi connectivity index (χ4v) is 2.83. The van der Waals surface area contributed by atoms with Crippen LogP contribution in [0.2, 0.25) is 0 Å². The van der Waals surface area contributed by atoms with Crippen molar-refractivity contribution in [2.45, 2.75) is 46.0 Å². The average Bonchev–Trinajstić information content (AvgIpc) is 2.73. The van der Waals surface area contributed by atoms with Gasteiger partial charge in [-0.05, 0) is 67.8 Å². The summed E-state index contributed by atoms with van der Waals surface area (Å²) in [5.74, 6) is 0. The molecular weight excluding hydrogens is 206 g/mol. The molecule has 0 heterocycles. The van der Waals surface area contributed by atoms with Gasteiger partial charge in [0.2, 0.25) is 0 Å². The third-order valence-corrected chi connectivity index (χ3v) is 3.91. The zero-order valence-electron chi connectivity index (χ0n) is 11.5. The van der Waals surface area contributed by atoms with Gasteiger partial charge < -0.3 is 5.32 Å². The molecule has 1 aliphatic rings. The lowest BCUT2D eigenvalue weighted by molar-refractivity contribution is 0.324. The first-order chi connectivity index (χ1) is 8.11. The van der Waals surface area contributed by atoms with Crippen molar-refractivity contribution in [1.82, 2.24) is 5.32 Å². The molecule has 1 aromatic carbocycles. The van der Waals surface area contributed by atoms with Gasteiger partial charge in [0.15, 0.2) is 0 Å². The monoisotopic (exact) mass is 231 g/mol. The van der Waals surface area contributed by atoms with E-state index in [2.05, 4.69) is 37.4 Å². The zero-order chi connectivity index (χ0) is 12.3. The van der Waals surface area contributed by atoms with Gasteiger partial charge in [-0.15, -0.1) is 0 Å². The topological polar surface area (TPSA) is 12.0 Å². The van der Waals surface area contributed by atoms with Crippen molar-refractivity contribution < 1.29 is 0 Å². The quantitative estimate of drug-likeness (QED) is 0.819. The van der Waals surface area contributed by atoms with Crippen molar-refractivity contribution in [1.29, 1.82) is 0 Å². The van der Waals surface area contributed by atoms with Gasteiger partial charge in [0.05, 0.1) is 0 Å². The highest BCUT2D eigenvalue weighted by Crippen LogP contribution is 2.26. The molecule has 1 aromatic rings. The van der Waals surface area contributed by atoms with Crippen LogP contribution in [0.1, 0.15) is 43.4 Å². The van der Waals surface area contributed by atoms with Crippen molar-refractivity contribution in [3.05, 3.63) is 34.9 Å². The van der Waals surface area contributed by atoms with Crippen LogP contribution in [0.4, 0.5) is 0 Å². The molecule has 94 valence electrons. The Labute approximate surface area is 106 Å². The molecular formula is C16H25N. The number of benzene rings is 1. The Morgan fingerprint density at radius 1 is 1.18 bits per heavy atom. The number of rotatable bonds is 5. The average molecular weight is 231 g/mol. The summed E-state index contributed by atoms with van der Waals surface area (Å²) in [6.07, 6.45) is 6.41. The molecule has 1 aliphatic carbocycles. The van der Waals surface area contributed by atoms with Crippen molar-refractivity contribution in [2.24, 2.45) is 5.41 Å². The van der Waals surface area contributed by atoms with Crippen LogP contribution in [0, 0.1) is 5.41 Å². The van der Waals surface area contributed by atoms with Crippen LogP contribution in [0.15, 0.2) is 18.2 Å². The largest absolute Gasteiger partial charge is 0.319 e. The number of hydrogen-bond acceptors (Lipinski definition) is 1. The first-order valence-corrected chi connectivity index (χ1v) is 6.86. The summed E-state index contributed by atoms with van der Waals surface area (Å²) in [5.41, 5.74) is 5.11. The molecule has 2 rings (SSSR count). The van der Waals surface area contributed by atoms with E-state index in [1.807, 2.05) is 7.05 Å². The number of nitrogens with one attached hydrogen (secondary N) is 1. The van der Waals surface area contributed by atoms with Gasteiger partial charge in [0.1, 0.15) is 0 Å². The zero-order valence-corrected chi connectivity index (χ0v) is 11.5. The normalized spacial score (nSPS) is 15.0. The maximum Gasteiger partial charge on any atom is -0.0000373 e. The minimum Gasteiger partial charge on any atom is -0.319 e. The molecule has 0 saturated carbocycles. The van der Waals surface area contributed by atoms with Crippen molar-refractivity contribution in [3.8, 4) is 0 Å². The highest BCUT2D eigenvalue weighted by molar-refractivity contribution is 5.35. The Hall–Kier alpha value is -0.820. The Bertz CT molecular complexity index is 379. The lowest BCUT2D eigenvalue weighted by Gasteiger charge is -2.24. The summed E-state index contributed by atoms with van der Waals surface area (Å²) < 4.78 is 0. The van der Waals surface area contributed by atoms with E-state index >= 15 is 0 Å². The van der Waals surface area contributed by atoms with Gasteiger partial charge >= 0.3 is 0 Å². The predicted molar refractivity (Wildman–Crippen MR) is 74.5 cm³/mol. The lowest BCUT2D eigenvalue weighted by Crippen LogP contribution is -2.27. The van der Waals surface area contributed by atoms with Gasteiger partial charge in [-0.3, -0.25) is 0 Å². The van der Waals surface area contributed by atoms with E-state index in [0.29, 0.717) is 5.41 Å². The molecule has 17 heavy (non-hydrogen) atoms. The Morgan fingerprint density at radius 3 is 2.71 bits per heavy atom. The molecule has 0 saturated heterocycles. The molecule has 0 aromatic heterocycles. The van der Waals surface area contributed by atoms with Crippen LogP contribution in [-0.2, 0) is 19.3 Å². The summed E-state index contributed by atoms with van der Waals surface area (Å²) in [7, 11) is 2.04.